The second-order valence-corrected chi connectivity index (χ2v) is 6.07. The Bertz CT molecular complexity index is 479. The van der Waals surface area contributed by atoms with E-state index in [1.54, 1.807) is 0 Å². The van der Waals surface area contributed by atoms with Crippen LogP contribution in [0, 0.1) is 0 Å². The monoisotopic (exact) mass is 289 g/mol. The highest BCUT2D eigenvalue weighted by Crippen LogP contribution is 2.22. The summed E-state index contributed by atoms with van der Waals surface area (Å²) in [6.45, 7) is 6.62. The predicted molar refractivity (Wildman–Crippen MR) is 87.8 cm³/mol. The van der Waals surface area contributed by atoms with Gasteiger partial charge in [0.1, 0.15) is 0 Å². The van der Waals surface area contributed by atoms with Gasteiger partial charge in [0.25, 0.3) is 5.91 Å². The first-order chi connectivity index (χ1) is 10.0. The van der Waals surface area contributed by atoms with Crippen LogP contribution in [-0.2, 0) is 0 Å². The minimum Gasteiger partial charge on any atom is -0.387 e. The smallest absolute Gasteiger partial charge is 0.255 e. The van der Waals surface area contributed by atoms with E-state index in [9.17, 15) is 4.79 Å². The van der Waals surface area contributed by atoms with Crippen LogP contribution >= 0.6 is 0 Å². The summed E-state index contributed by atoms with van der Waals surface area (Å²) in [5.41, 5.74) is 1.66. The van der Waals surface area contributed by atoms with Gasteiger partial charge in [-0.3, -0.25) is 4.79 Å². The third kappa shape index (κ3) is 3.56. The SMILES string of the molecule is CNc1ccccc1C(=O)N(C)C1CCN(C(C)C)CC1. The molecule has 1 fully saturated rings. The largest absolute Gasteiger partial charge is 0.387 e. The lowest BCUT2D eigenvalue weighted by Gasteiger charge is -2.38. The van der Waals surface area contributed by atoms with Gasteiger partial charge in [-0.1, -0.05) is 12.1 Å². The first-order valence-corrected chi connectivity index (χ1v) is 7.82. The summed E-state index contributed by atoms with van der Waals surface area (Å²) in [6, 6.07) is 8.65. The van der Waals surface area contributed by atoms with E-state index < -0.39 is 0 Å². The van der Waals surface area contributed by atoms with Gasteiger partial charge in [-0.2, -0.15) is 0 Å². The maximum atomic E-state index is 12.7. The van der Waals surface area contributed by atoms with Crippen LogP contribution in [0.2, 0.25) is 0 Å². The molecule has 0 saturated carbocycles. The molecule has 4 heteroatoms. The van der Waals surface area contributed by atoms with Crippen molar-refractivity contribution in [3.63, 3.8) is 0 Å². The number of nitrogens with zero attached hydrogens (tertiary/aromatic N) is 2. The van der Waals surface area contributed by atoms with Crippen molar-refractivity contribution in [2.45, 2.75) is 38.8 Å². The lowest BCUT2D eigenvalue weighted by Crippen LogP contribution is -2.47. The maximum Gasteiger partial charge on any atom is 0.255 e. The summed E-state index contributed by atoms with van der Waals surface area (Å²) in [7, 11) is 3.79. The second kappa shape index (κ2) is 6.94. The van der Waals surface area contributed by atoms with Gasteiger partial charge in [-0.15, -0.1) is 0 Å². The number of benzene rings is 1. The van der Waals surface area contributed by atoms with Gasteiger partial charge < -0.3 is 15.1 Å². The van der Waals surface area contributed by atoms with Crippen LogP contribution < -0.4 is 5.32 Å². The Kier molecular flexibility index (Phi) is 5.23. The fraction of sp³-hybridized carbons (Fsp3) is 0.588. The molecule has 116 valence electrons. The van der Waals surface area contributed by atoms with E-state index in [1.807, 2.05) is 43.3 Å². The second-order valence-electron chi connectivity index (χ2n) is 6.07. The highest BCUT2D eigenvalue weighted by Gasteiger charge is 2.27. The molecule has 4 nitrogen and oxygen atoms in total. The Morgan fingerprint density at radius 3 is 2.48 bits per heavy atom. The van der Waals surface area contributed by atoms with Gasteiger partial charge in [0, 0.05) is 45.0 Å². The van der Waals surface area contributed by atoms with Crippen LogP contribution in [0.4, 0.5) is 5.69 Å². The number of anilines is 1. The molecule has 1 aromatic rings. The van der Waals surface area contributed by atoms with E-state index in [2.05, 4.69) is 24.1 Å². The summed E-state index contributed by atoms with van der Waals surface area (Å²) < 4.78 is 0. The molecule has 21 heavy (non-hydrogen) atoms. The van der Waals surface area contributed by atoms with Crippen molar-refractivity contribution < 1.29 is 4.79 Å². The van der Waals surface area contributed by atoms with E-state index in [0.29, 0.717) is 12.1 Å². The van der Waals surface area contributed by atoms with Crippen LogP contribution in [0.3, 0.4) is 0 Å². The molecule has 1 amide bonds. The maximum absolute atomic E-state index is 12.7. The molecule has 1 aliphatic rings. The number of amides is 1. The number of carbonyl (C=O) groups is 1. The molecule has 1 N–H and O–H groups in total. The number of para-hydroxylation sites is 1. The Morgan fingerprint density at radius 2 is 1.90 bits per heavy atom. The zero-order valence-corrected chi connectivity index (χ0v) is 13.6. The van der Waals surface area contributed by atoms with Crippen molar-refractivity contribution in [3.8, 4) is 0 Å². The molecule has 0 spiro atoms. The fourth-order valence-corrected chi connectivity index (χ4v) is 3.03. The predicted octanol–water partition coefficient (Wildman–Crippen LogP) is 2.67. The molecule has 0 aromatic heterocycles. The third-order valence-electron chi connectivity index (χ3n) is 4.52. The van der Waals surface area contributed by atoms with Crippen LogP contribution in [0.5, 0.6) is 0 Å². The minimum absolute atomic E-state index is 0.114. The summed E-state index contributed by atoms with van der Waals surface area (Å²) in [5.74, 6) is 0.114. The van der Waals surface area contributed by atoms with Crippen molar-refractivity contribution in [1.29, 1.82) is 0 Å². The molecule has 0 bridgehead atoms. The molecular formula is C17H27N3O. The number of likely N-dealkylation sites (tertiary alicyclic amines) is 1. The van der Waals surface area contributed by atoms with Crippen molar-refractivity contribution in [1.82, 2.24) is 9.80 Å². The first-order valence-electron chi connectivity index (χ1n) is 7.82. The Labute approximate surface area is 128 Å². The van der Waals surface area contributed by atoms with E-state index in [-0.39, 0.29) is 5.91 Å². The Balaban J connectivity index is 2.03. The zero-order chi connectivity index (χ0) is 15.4. The van der Waals surface area contributed by atoms with Gasteiger partial charge >= 0.3 is 0 Å². The molecule has 1 aliphatic heterocycles. The van der Waals surface area contributed by atoms with E-state index in [1.165, 1.54) is 0 Å². The average molecular weight is 289 g/mol. The molecule has 1 heterocycles. The topological polar surface area (TPSA) is 35.6 Å². The van der Waals surface area contributed by atoms with Gasteiger partial charge in [-0.05, 0) is 38.8 Å². The molecular weight excluding hydrogens is 262 g/mol. The van der Waals surface area contributed by atoms with Crippen LogP contribution in [-0.4, -0.2) is 55.0 Å². The van der Waals surface area contributed by atoms with E-state index in [0.717, 1.165) is 37.2 Å². The average Bonchev–Trinajstić information content (AvgIpc) is 2.53. The summed E-state index contributed by atoms with van der Waals surface area (Å²) in [4.78, 5) is 17.1. The summed E-state index contributed by atoms with van der Waals surface area (Å²) in [6.07, 6.45) is 2.12. The molecule has 0 aliphatic carbocycles. The van der Waals surface area contributed by atoms with Gasteiger partial charge in [0.15, 0.2) is 0 Å². The quantitative estimate of drug-likeness (QED) is 0.925. The third-order valence-corrected chi connectivity index (χ3v) is 4.52. The number of rotatable bonds is 4. The zero-order valence-electron chi connectivity index (χ0n) is 13.6. The highest BCUT2D eigenvalue weighted by molar-refractivity contribution is 5.99. The lowest BCUT2D eigenvalue weighted by molar-refractivity contribution is 0.0616. The number of piperidine rings is 1. The van der Waals surface area contributed by atoms with Crippen molar-refractivity contribution >= 4 is 11.6 Å². The Hall–Kier alpha value is -1.55. The molecule has 0 radical (unpaired) electrons. The van der Waals surface area contributed by atoms with Gasteiger partial charge in [0.05, 0.1) is 5.56 Å². The van der Waals surface area contributed by atoms with Crippen LogP contribution in [0.15, 0.2) is 24.3 Å². The van der Waals surface area contributed by atoms with Crippen LogP contribution in [0.25, 0.3) is 0 Å². The van der Waals surface area contributed by atoms with Crippen molar-refractivity contribution in [2.75, 3.05) is 32.5 Å². The van der Waals surface area contributed by atoms with E-state index in [4.69, 9.17) is 0 Å². The first kappa shape index (κ1) is 15.8. The lowest BCUT2D eigenvalue weighted by atomic mass is 10.0. The number of nitrogens with one attached hydrogen (secondary N) is 1. The standard InChI is InChI=1S/C17H27N3O/c1-13(2)20-11-9-14(10-12-20)19(4)17(21)15-7-5-6-8-16(15)18-3/h5-8,13-14,18H,9-12H2,1-4H3. The normalized spacial score (nSPS) is 17.0. The number of hydrogen-bond acceptors (Lipinski definition) is 3. The van der Waals surface area contributed by atoms with Crippen molar-refractivity contribution in [3.05, 3.63) is 29.8 Å². The highest BCUT2D eigenvalue weighted by atomic mass is 16.2. The molecule has 0 atom stereocenters. The molecule has 1 saturated heterocycles. The van der Waals surface area contributed by atoms with E-state index >= 15 is 0 Å². The molecule has 0 unspecified atom stereocenters. The fourth-order valence-electron chi connectivity index (χ4n) is 3.03. The molecule has 2 rings (SSSR count). The Morgan fingerprint density at radius 1 is 1.29 bits per heavy atom. The van der Waals surface area contributed by atoms with Gasteiger partial charge in [0.2, 0.25) is 0 Å². The minimum atomic E-state index is 0.114. The summed E-state index contributed by atoms with van der Waals surface area (Å²) in [5, 5.41) is 3.10. The summed E-state index contributed by atoms with van der Waals surface area (Å²) >= 11 is 0. The van der Waals surface area contributed by atoms with Gasteiger partial charge in [-0.25, -0.2) is 0 Å². The number of hydrogen-bond donors (Lipinski definition) is 1. The molecule has 1 aromatic carbocycles. The van der Waals surface area contributed by atoms with Crippen LogP contribution in [0.1, 0.15) is 37.0 Å². The number of carbonyl (C=O) groups excluding carboxylic acids is 1. The van der Waals surface area contributed by atoms with Crippen molar-refractivity contribution in [2.24, 2.45) is 0 Å².